The Hall–Kier alpha value is -2.85. The first-order valence-electron chi connectivity index (χ1n) is 8.00. The van der Waals surface area contributed by atoms with E-state index in [2.05, 4.69) is 13.0 Å². The average Bonchev–Trinajstić information content (AvgIpc) is 2.92. The molecule has 2 aromatic heterocycles. The molecule has 1 unspecified atom stereocenters. The second kappa shape index (κ2) is 5.35. The molecule has 0 aliphatic rings. The number of anilines is 1. The van der Waals surface area contributed by atoms with Gasteiger partial charge >= 0.3 is 0 Å². The predicted molar refractivity (Wildman–Crippen MR) is 97.9 cm³/mol. The number of nitrogens with two attached hydrogens (primary N) is 1. The lowest BCUT2D eigenvalue weighted by molar-refractivity contribution is 0.199. The molecule has 0 aliphatic carbocycles. The van der Waals surface area contributed by atoms with Crippen LogP contribution in [0.15, 0.2) is 54.7 Å². The number of imidazole rings is 1. The van der Waals surface area contributed by atoms with Crippen LogP contribution in [0.1, 0.15) is 24.2 Å². The lowest BCUT2D eigenvalue weighted by Crippen LogP contribution is -1.95. The van der Waals surface area contributed by atoms with Gasteiger partial charge in [-0.3, -0.25) is 4.40 Å². The fraction of sp³-hybridized carbons (Fsp3) is 0.150. The van der Waals surface area contributed by atoms with Crippen molar-refractivity contribution in [2.24, 2.45) is 0 Å². The molecule has 0 amide bonds. The van der Waals surface area contributed by atoms with Crippen LogP contribution in [0.3, 0.4) is 0 Å². The minimum atomic E-state index is -0.516. The Morgan fingerprint density at radius 3 is 2.67 bits per heavy atom. The Morgan fingerprint density at radius 2 is 1.92 bits per heavy atom. The molecule has 0 bridgehead atoms. The predicted octanol–water partition coefficient (Wildman–Crippen LogP) is 4.10. The number of aliphatic hydroxyl groups excluding tert-OH is 1. The molecule has 120 valence electrons. The number of benzene rings is 2. The number of rotatable bonds is 2. The molecule has 4 nitrogen and oxygen atoms in total. The molecule has 0 fully saturated rings. The van der Waals surface area contributed by atoms with E-state index in [0.717, 1.165) is 38.8 Å². The Morgan fingerprint density at radius 1 is 1.12 bits per heavy atom. The smallest absolute Gasteiger partial charge is 0.147 e. The van der Waals surface area contributed by atoms with E-state index in [0.29, 0.717) is 5.82 Å². The van der Waals surface area contributed by atoms with E-state index in [-0.39, 0.29) is 0 Å². The van der Waals surface area contributed by atoms with E-state index in [9.17, 15) is 5.11 Å². The maximum atomic E-state index is 9.88. The summed E-state index contributed by atoms with van der Waals surface area (Å²) in [7, 11) is 0. The van der Waals surface area contributed by atoms with E-state index in [1.807, 2.05) is 53.1 Å². The minimum absolute atomic E-state index is 0.516. The summed E-state index contributed by atoms with van der Waals surface area (Å²) in [5, 5.41) is 11.9. The number of aryl methyl sites for hydroxylation is 1. The van der Waals surface area contributed by atoms with E-state index in [1.54, 1.807) is 6.92 Å². The zero-order valence-corrected chi connectivity index (χ0v) is 13.7. The van der Waals surface area contributed by atoms with E-state index < -0.39 is 6.10 Å². The lowest BCUT2D eigenvalue weighted by atomic mass is 10.1. The van der Waals surface area contributed by atoms with Gasteiger partial charge in [0.05, 0.1) is 6.10 Å². The van der Waals surface area contributed by atoms with Crippen LogP contribution in [0.2, 0.25) is 0 Å². The molecule has 0 saturated heterocycles. The summed E-state index contributed by atoms with van der Waals surface area (Å²) in [6.45, 7) is 3.82. The third kappa shape index (κ3) is 2.15. The number of fused-ring (bicyclic) bond motifs is 3. The van der Waals surface area contributed by atoms with Gasteiger partial charge in [0.15, 0.2) is 0 Å². The molecule has 0 spiro atoms. The van der Waals surface area contributed by atoms with E-state index >= 15 is 0 Å². The normalized spacial score (nSPS) is 12.8. The maximum Gasteiger partial charge on any atom is 0.147 e. The second-order valence-corrected chi connectivity index (χ2v) is 6.19. The molecule has 4 rings (SSSR count). The highest BCUT2D eigenvalue weighted by Gasteiger charge is 2.15. The molecule has 3 N–H and O–H groups in total. The highest BCUT2D eigenvalue weighted by atomic mass is 16.3. The fourth-order valence-electron chi connectivity index (χ4n) is 3.15. The summed E-state index contributed by atoms with van der Waals surface area (Å²) in [4.78, 5) is 4.83. The molecule has 4 heteroatoms. The van der Waals surface area contributed by atoms with Gasteiger partial charge in [-0.15, -0.1) is 0 Å². The third-order valence-corrected chi connectivity index (χ3v) is 4.55. The van der Waals surface area contributed by atoms with Crippen LogP contribution in [0.4, 0.5) is 5.82 Å². The number of aliphatic hydroxyl groups is 1. The van der Waals surface area contributed by atoms with Crippen molar-refractivity contribution in [3.63, 3.8) is 0 Å². The van der Waals surface area contributed by atoms with Gasteiger partial charge in [-0.1, -0.05) is 36.4 Å². The van der Waals surface area contributed by atoms with Crippen LogP contribution >= 0.6 is 0 Å². The van der Waals surface area contributed by atoms with Crippen molar-refractivity contribution in [1.82, 2.24) is 9.38 Å². The van der Waals surface area contributed by atoms with E-state index in [4.69, 9.17) is 10.7 Å². The largest absolute Gasteiger partial charge is 0.389 e. The van der Waals surface area contributed by atoms with Gasteiger partial charge in [-0.05, 0) is 42.5 Å². The highest BCUT2D eigenvalue weighted by Crippen LogP contribution is 2.32. The van der Waals surface area contributed by atoms with Crippen LogP contribution in [0.25, 0.3) is 27.7 Å². The number of aromatic nitrogens is 2. The summed E-state index contributed by atoms with van der Waals surface area (Å²) in [5.74, 6) is 0.628. The average molecular weight is 317 g/mol. The van der Waals surface area contributed by atoms with Gasteiger partial charge in [0.2, 0.25) is 0 Å². The molecule has 4 aromatic rings. The summed E-state index contributed by atoms with van der Waals surface area (Å²) in [5.41, 5.74) is 11.0. The van der Waals surface area contributed by atoms with Crippen LogP contribution in [0.5, 0.6) is 0 Å². The van der Waals surface area contributed by atoms with Crippen LogP contribution in [-0.4, -0.2) is 14.5 Å². The Bertz CT molecular complexity index is 1060. The zero-order chi connectivity index (χ0) is 16.8. The number of pyridine rings is 1. The van der Waals surface area contributed by atoms with Gasteiger partial charge in [-0.25, -0.2) is 4.98 Å². The van der Waals surface area contributed by atoms with Crippen molar-refractivity contribution < 1.29 is 5.11 Å². The molecule has 2 heterocycles. The van der Waals surface area contributed by atoms with Crippen LogP contribution in [-0.2, 0) is 0 Å². The van der Waals surface area contributed by atoms with Crippen molar-refractivity contribution >= 4 is 22.2 Å². The van der Waals surface area contributed by atoms with Gasteiger partial charge in [0.25, 0.3) is 0 Å². The quantitative estimate of drug-likeness (QED) is 0.585. The summed E-state index contributed by atoms with van der Waals surface area (Å²) >= 11 is 0. The van der Waals surface area contributed by atoms with Crippen LogP contribution in [0, 0.1) is 6.92 Å². The van der Waals surface area contributed by atoms with Crippen molar-refractivity contribution in [3.8, 4) is 11.3 Å². The number of nitrogen functional groups attached to an aromatic ring is 1. The topological polar surface area (TPSA) is 63.5 Å². The van der Waals surface area contributed by atoms with Crippen LogP contribution < -0.4 is 5.73 Å². The second-order valence-electron chi connectivity index (χ2n) is 6.19. The maximum absolute atomic E-state index is 9.88. The van der Waals surface area contributed by atoms with Crippen molar-refractivity contribution in [2.75, 3.05) is 5.73 Å². The zero-order valence-electron chi connectivity index (χ0n) is 13.7. The van der Waals surface area contributed by atoms with Gasteiger partial charge in [0, 0.05) is 17.1 Å². The third-order valence-electron chi connectivity index (χ3n) is 4.55. The molecule has 1 atom stereocenters. The molecular weight excluding hydrogens is 298 g/mol. The Labute approximate surface area is 140 Å². The summed E-state index contributed by atoms with van der Waals surface area (Å²) in [6.07, 6.45) is 1.43. The van der Waals surface area contributed by atoms with E-state index in [1.165, 1.54) is 0 Å². The molecule has 24 heavy (non-hydrogen) atoms. The number of hydrogen-bond donors (Lipinski definition) is 2. The first-order chi connectivity index (χ1) is 11.6. The standard InChI is InChI=1S/C20H19N3O/c1-12-5-3-4-6-16(12)18-19(21)23-10-9-14-7-8-15(13(2)24)11-17(14)20(23)22-18/h3-11,13,24H,21H2,1-2H3. The SMILES string of the molecule is Cc1ccccc1-c1nc2c3cc(C(C)O)ccc3ccn2c1N. The van der Waals surface area contributed by atoms with Crippen molar-refractivity contribution in [2.45, 2.75) is 20.0 Å². The molecule has 0 aliphatic heterocycles. The highest BCUT2D eigenvalue weighted by molar-refractivity contribution is 5.97. The molecular formula is C20H19N3O. The number of nitrogens with zero attached hydrogens (tertiary/aromatic N) is 2. The number of hydrogen-bond acceptors (Lipinski definition) is 3. The Balaban J connectivity index is 2.05. The Kier molecular flexibility index (Phi) is 3.28. The lowest BCUT2D eigenvalue weighted by Gasteiger charge is -2.07. The van der Waals surface area contributed by atoms with Crippen molar-refractivity contribution in [3.05, 3.63) is 65.9 Å². The van der Waals surface area contributed by atoms with Gasteiger partial charge < -0.3 is 10.8 Å². The first kappa shape index (κ1) is 14.7. The molecule has 0 radical (unpaired) electrons. The summed E-state index contributed by atoms with van der Waals surface area (Å²) in [6, 6.07) is 16.1. The fourth-order valence-corrected chi connectivity index (χ4v) is 3.15. The monoisotopic (exact) mass is 317 g/mol. The van der Waals surface area contributed by atoms with Gasteiger partial charge in [0.1, 0.15) is 17.2 Å². The van der Waals surface area contributed by atoms with Gasteiger partial charge in [-0.2, -0.15) is 0 Å². The van der Waals surface area contributed by atoms with Crippen molar-refractivity contribution in [1.29, 1.82) is 0 Å². The first-order valence-corrected chi connectivity index (χ1v) is 8.00. The minimum Gasteiger partial charge on any atom is -0.389 e. The summed E-state index contributed by atoms with van der Waals surface area (Å²) < 4.78 is 1.91. The molecule has 0 saturated carbocycles. The molecule has 2 aromatic carbocycles.